The smallest absolute Gasteiger partial charge is 0.268 e. The first kappa shape index (κ1) is 23.7. The Morgan fingerprint density at radius 3 is 2.54 bits per heavy atom. The summed E-state index contributed by atoms with van der Waals surface area (Å²) in [7, 11) is 0. The summed E-state index contributed by atoms with van der Waals surface area (Å²) >= 11 is 0. The van der Waals surface area contributed by atoms with Gasteiger partial charge in [-0.05, 0) is 38.5 Å². The summed E-state index contributed by atoms with van der Waals surface area (Å²) < 4.78 is 8.50. The predicted molar refractivity (Wildman–Crippen MR) is 131 cm³/mol. The van der Waals surface area contributed by atoms with Crippen molar-refractivity contribution in [2.75, 3.05) is 11.5 Å². The normalized spacial score (nSPS) is 26.0. The fourth-order valence-corrected chi connectivity index (χ4v) is 6.00. The summed E-state index contributed by atoms with van der Waals surface area (Å²) in [6.07, 6.45) is 2.45. The van der Waals surface area contributed by atoms with E-state index in [2.05, 4.69) is 10.3 Å². The molecule has 1 saturated heterocycles. The summed E-state index contributed by atoms with van der Waals surface area (Å²) in [6, 6.07) is 17.4. The number of carbonyl (C=O) groups excluding carboxylic acids is 1. The van der Waals surface area contributed by atoms with Crippen LogP contribution in [0.4, 0.5) is 11.4 Å². The molecular formula is C27H32N4O4. The van der Waals surface area contributed by atoms with Crippen molar-refractivity contribution in [3.8, 4) is 0 Å². The number of hydrogen-bond acceptors (Lipinski definition) is 6. The number of carbonyl (C=O) groups is 1. The molecule has 2 aliphatic rings. The molecule has 8 heteroatoms. The summed E-state index contributed by atoms with van der Waals surface area (Å²) in [4.78, 5) is 16.0. The molecule has 2 aromatic carbocycles. The van der Waals surface area contributed by atoms with Gasteiger partial charge < -0.3 is 14.9 Å². The molecule has 8 nitrogen and oxygen atoms in total. The van der Waals surface area contributed by atoms with E-state index in [1.165, 1.54) is 0 Å². The van der Waals surface area contributed by atoms with Crippen molar-refractivity contribution in [3.05, 3.63) is 72.1 Å². The lowest BCUT2D eigenvalue weighted by Crippen LogP contribution is -2.45. The number of amides is 1. The molecule has 0 saturated carbocycles. The summed E-state index contributed by atoms with van der Waals surface area (Å²) in [5.74, 6) is -0.675. The van der Waals surface area contributed by atoms with Gasteiger partial charge in [-0.25, -0.2) is 0 Å². The number of aromatic nitrogens is 3. The molecule has 0 radical (unpaired) electrons. The summed E-state index contributed by atoms with van der Waals surface area (Å²) in [5, 5.41) is 28.6. The Balaban J connectivity index is 1.52. The van der Waals surface area contributed by atoms with Gasteiger partial charge in [0, 0.05) is 48.9 Å². The Kier molecular flexibility index (Phi) is 5.99. The van der Waals surface area contributed by atoms with E-state index < -0.39 is 11.2 Å². The molecule has 1 fully saturated rings. The zero-order valence-corrected chi connectivity index (χ0v) is 20.3. The van der Waals surface area contributed by atoms with Crippen LogP contribution in [0, 0.1) is 11.8 Å². The SMILES string of the molecule is C[C@@H]1[C@@H](C(C)(C)O)[C@H](CCn2cc(CCO)nn2)O[C@@]12C(=O)N(c1ccccc1)c1ccccc12. The molecule has 3 heterocycles. The molecule has 1 aromatic heterocycles. The van der Waals surface area contributed by atoms with Crippen molar-refractivity contribution < 1.29 is 19.7 Å². The third kappa shape index (κ3) is 3.86. The van der Waals surface area contributed by atoms with E-state index in [0.717, 1.165) is 22.6 Å². The molecule has 0 bridgehead atoms. The maximum absolute atomic E-state index is 14.2. The van der Waals surface area contributed by atoms with E-state index in [4.69, 9.17) is 9.84 Å². The number of para-hydroxylation sites is 2. The topological polar surface area (TPSA) is 101 Å². The van der Waals surface area contributed by atoms with Crippen LogP contribution in [0.15, 0.2) is 60.8 Å². The van der Waals surface area contributed by atoms with Gasteiger partial charge in [0.25, 0.3) is 5.91 Å². The van der Waals surface area contributed by atoms with Crippen LogP contribution >= 0.6 is 0 Å². The standard InChI is InChI=1S/C27H32N4O4/c1-18-24(26(2,3)34)23(13-15-30-17-19(14-16-32)28-29-30)35-27(18)21-11-7-8-12-22(21)31(25(27)33)20-9-5-4-6-10-20/h4-12,17-18,23-24,32,34H,13-16H2,1-3H3/t18-,23+,24-,27+/m1/s1. The molecule has 35 heavy (non-hydrogen) atoms. The number of nitrogens with zero attached hydrogens (tertiary/aromatic N) is 4. The third-order valence-electron chi connectivity index (χ3n) is 7.41. The number of hydrogen-bond donors (Lipinski definition) is 2. The van der Waals surface area contributed by atoms with Gasteiger partial charge in [0.05, 0.1) is 23.1 Å². The van der Waals surface area contributed by atoms with Crippen molar-refractivity contribution in [2.45, 2.75) is 57.5 Å². The van der Waals surface area contributed by atoms with Crippen LogP contribution < -0.4 is 4.90 Å². The van der Waals surface area contributed by atoms with E-state index >= 15 is 0 Å². The van der Waals surface area contributed by atoms with Gasteiger partial charge in [0.15, 0.2) is 5.60 Å². The molecule has 4 atom stereocenters. The molecular weight excluding hydrogens is 444 g/mol. The molecule has 3 aromatic rings. The van der Waals surface area contributed by atoms with Crippen LogP contribution in [-0.4, -0.2) is 49.4 Å². The largest absolute Gasteiger partial charge is 0.396 e. The van der Waals surface area contributed by atoms with E-state index in [1.807, 2.05) is 67.7 Å². The average Bonchev–Trinajstić information content (AvgIpc) is 3.47. The molecule has 0 aliphatic carbocycles. The maximum atomic E-state index is 14.2. The van der Waals surface area contributed by atoms with Crippen molar-refractivity contribution in [2.24, 2.45) is 11.8 Å². The zero-order chi connectivity index (χ0) is 24.8. The monoisotopic (exact) mass is 476 g/mol. The summed E-state index contributed by atoms with van der Waals surface area (Å²) in [5.41, 5.74) is 0.918. The van der Waals surface area contributed by atoms with Crippen molar-refractivity contribution in [1.29, 1.82) is 0 Å². The second-order valence-corrected chi connectivity index (χ2v) is 10.1. The summed E-state index contributed by atoms with van der Waals surface area (Å²) in [6.45, 7) is 6.14. The van der Waals surface area contributed by atoms with Gasteiger partial charge >= 0.3 is 0 Å². The Labute approximate surface area is 205 Å². The van der Waals surface area contributed by atoms with Gasteiger partial charge in [0.1, 0.15) is 0 Å². The van der Waals surface area contributed by atoms with Crippen LogP contribution in [0.3, 0.4) is 0 Å². The van der Waals surface area contributed by atoms with E-state index in [9.17, 15) is 9.90 Å². The highest BCUT2D eigenvalue weighted by molar-refractivity contribution is 6.12. The van der Waals surface area contributed by atoms with Gasteiger partial charge in [-0.2, -0.15) is 0 Å². The first-order chi connectivity index (χ1) is 16.8. The Morgan fingerprint density at radius 2 is 1.83 bits per heavy atom. The molecule has 5 rings (SSSR count). The molecule has 2 N–H and O–H groups in total. The van der Waals surface area contributed by atoms with Crippen molar-refractivity contribution in [1.82, 2.24) is 15.0 Å². The molecule has 184 valence electrons. The van der Waals surface area contributed by atoms with Crippen molar-refractivity contribution in [3.63, 3.8) is 0 Å². The first-order valence-corrected chi connectivity index (χ1v) is 12.2. The Hall–Kier alpha value is -3.07. The minimum atomic E-state index is -1.19. The van der Waals surface area contributed by atoms with Crippen molar-refractivity contribution >= 4 is 17.3 Å². The number of benzene rings is 2. The number of aryl methyl sites for hydroxylation is 1. The number of aliphatic hydroxyl groups excluding tert-OH is 1. The lowest BCUT2D eigenvalue weighted by molar-refractivity contribution is -0.145. The van der Waals surface area contributed by atoms with Gasteiger partial charge in [-0.3, -0.25) is 14.4 Å². The lowest BCUT2D eigenvalue weighted by Gasteiger charge is -2.34. The average molecular weight is 477 g/mol. The molecule has 1 amide bonds. The molecule has 0 unspecified atom stereocenters. The second-order valence-electron chi connectivity index (χ2n) is 10.1. The third-order valence-corrected chi connectivity index (χ3v) is 7.41. The van der Waals surface area contributed by atoms with Crippen LogP contribution in [0.1, 0.15) is 38.4 Å². The van der Waals surface area contributed by atoms with E-state index in [-0.39, 0.29) is 30.5 Å². The van der Waals surface area contributed by atoms with Gasteiger partial charge in [-0.1, -0.05) is 48.5 Å². The van der Waals surface area contributed by atoms with Crippen LogP contribution in [0.2, 0.25) is 0 Å². The highest BCUT2D eigenvalue weighted by atomic mass is 16.5. The van der Waals surface area contributed by atoms with Gasteiger partial charge in [0.2, 0.25) is 0 Å². The quantitative estimate of drug-likeness (QED) is 0.543. The highest BCUT2D eigenvalue weighted by Crippen LogP contribution is 2.58. The minimum Gasteiger partial charge on any atom is -0.396 e. The molecule has 1 spiro atoms. The van der Waals surface area contributed by atoms with Gasteiger partial charge in [-0.15, -0.1) is 5.10 Å². The van der Waals surface area contributed by atoms with Crippen LogP contribution in [0.5, 0.6) is 0 Å². The van der Waals surface area contributed by atoms with E-state index in [0.29, 0.717) is 19.4 Å². The fraction of sp³-hybridized carbons (Fsp3) is 0.444. The van der Waals surface area contributed by atoms with Crippen LogP contribution in [0.25, 0.3) is 0 Å². The number of fused-ring (bicyclic) bond motifs is 2. The maximum Gasteiger partial charge on any atom is 0.268 e. The zero-order valence-electron chi connectivity index (χ0n) is 20.3. The van der Waals surface area contributed by atoms with Crippen LogP contribution in [-0.2, 0) is 28.1 Å². The lowest BCUT2D eigenvalue weighted by atomic mass is 9.71. The number of rotatable bonds is 7. The number of aliphatic hydroxyl groups is 2. The minimum absolute atomic E-state index is 0.0185. The predicted octanol–water partition coefficient (Wildman–Crippen LogP) is 3.20. The Bertz CT molecular complexity index is 1210. The first-order valence-electron chi connectivity index (χ1n) is 12.2. The second kappa shape index (κ2) is 8.86. The van der Waals surface area contributed by atoms with E-state index in [1.54, 1.807) is 23.4 Å². The number of anilines is 2. The highest BCUT2D eigenvalue weighted by Gasteiger charge is 2.65. The number of ether oxygens (including phenoxy) is 1. The molecule has 2 aliphatic heterocycles. The fourth-order valence-electron chi connectivity index (χ4n) is 6.00. The Morgan fingerprint density at radius 1 is 1.11 bits per heavy atom.